The summed E-state index contributed by atoms with van der Waals surface area (Å²) in [5, 5.41) is 3.48. The van der Waals surface area contributed by atoms with Crippen molar-refractivity contribution in [3.63, 3.8) is 0 Å². The molecular formula is C18H23NO. The molecule has 0 aromatic heterocycles. The van der Waals surface area contributed by atoms with Crippen LogP contribution in [0, 0.1) is 13.8 Å². The van der Waals surface area contributed by atoms with Gasteiger partial charge in [-0.05, 0) is 56.5 Å². The molecular weight excluding hydrogens is 246 g/mol. The van der Waals surface area contributed by atoms with E-state index < -0.39 is 0 Å². The first-order valence-electron chi connectivity index (χ1n) is 7.12. The second kappa shape index (κ2) is 6.47. The summed E-state index contributed by atoms with van der Waals surface area (Å²) >= 11 is 0. The van der Waals surface area contributed by atoms with Crippen LogP contribution in [0.5, 0.6) is 5.75 Å². The normalized spacial score (nSPS) is 10.7. The maximum atomic E-state index is 5.83. The molecule has 0 saturated heterocycles. The summed E-state index contributed by atoms with van der Waals surface area (Å²) in [6.45, 7) is 9.21. The predicted octanol–water partition coefficient (Wildman–Crippen LogP) is 4.70. The quantitative estimate of drug-likeness (QED) is 0.849. The van der Waals surface area contributed by atoms with Gasteiger partial charge in [0, 0.05) is 6.54 Å². The van der Waals surface area contributed by atoms with Crippen molar-refractivity contribution >= 4 is 5.69 Å². The van der Waals surface area contributed by atoms with Gasteiger partial charge in [0.2, 0.25) is 0 Å². The van der Waals surface area contributed by atoms with Gasteiger partial charge < -0.3 is 10.1 Å². The standard InChI is InChI=1S/C18H23NO/c1-13(2)20-18-11-6-5-10-17(18)19-12-16-9-7-8-14(3)15(16)4/h5-11,13,19H,12H2,1-4H3. The Kier molecular flexibility index (Phi) is 4.67. The average Bonchev–Trinajstić information content (AvgIpc) is 2.41. The fourth-order valence-electron chi connectivity index (χ4n) is 2.16. The lowest BCUT2D eigenvalue weighted by atomic mass is 10.0. The highest BCUT2D eigenvalue weighted by atomic mass is 16.5. The molecule has 2 nitrogen and oxygen atoms in total. The molecule has 0 fully saturated rings. The first-order valence-corrected chi connectivity index (χ1v) is 7.12. The number of rotatable bonds is 5. The van der Waals surface area contributed by atoms with E-state index in [0.29, 0.717) is 0 Å². The van der Waals surface area contributed by atoms with Crippen molar-refractivity contribution in [2.24, 2.45) is 0 Å². The Bertz CT molecular complexity index is 575. The van der Waals surface area contributed by atoms with Crippen LogP contribution in [0.1, 0.15) is 30.5 Å². The van der Waals surface area contributed by atoms with Crippen molar-refractivity contribution in [2.45, 2.75) is 40.3 Å². The monoisotopic (exact) mass is 269 g/mol. The van der Waals surface area contributed by atoms with Crippen molar-refractivity contribution in [3.8, 4) is 5.75 Å². The largest absolute Gasteiger partial charge is 0.489 e. The Balaban J connectivity index is 2.13. The fraction of sp³-hybridized carbons (Fsp3) is 0.333. The molecule has 2 heteroatoms. The molecule has 0 heterocycles. The van der Waals surface area contributed by atoms with Crippen LogP contribution in [0.4, 0.5) is 5.69 Å². The molecule has 2 aromatic rings. The van der Waals surface area contributed by atoms with Gasteiger partial charge in [0.15, 0.2) is 0 Å². The molecule has 0 unspecified atom stereocenters. The third-order valence-corrected chi connectivity index (χ3v) is 3.44. The number of benzene rings is 2. The fourth-order valence-corrected chi connectivity index (χ4v) is 2.16. The van der Waals surface area contributed by atoms with Crippen LogP contribution in [-0.2, 0) is 6.54 Å². The Morgan fingerprint density at radius 3 is 2.50 bits per heavy atom. The maximum Gasteiger partial charge on any atom is 0.142 e. The van der Waals surface area contributed by atoms with Gasteiger partial charge in [0.05, 0.1) is 11.8 Å². The highest BCUT2D eigenvalue weighted by Crippen LogP contribution is 2.26. The van der Waals surface area contributed by atoms with Crippen molar-refractivity contribution in [1.82, 2.24) is 0 Å². The minimum absolute atomic E-state index is 0.179. The lowest BCUT2D eigenvalue weighted by Gasteiger charge is -2.16. The SMILES string of the molecule is Cc1cccc(CNc2ccccc2OC(C)C)c1C. The Hall–Kier alpha value is -1.96. The van der Waals surface area contributed by atoms with Crippen LogP contribution in [0.3, 0.4) is 0 Å². The molecule has 106 valence electrons. The second-order valence-electron chi connectivity index (χ2n) is 5.38. The van der Waals surface area contributed by atoms with Gasteiger partial charge in [0.25, 0.3) is 0 Å². The molecule has 0 radical (unpaired) electrons. The number of anilines is 1. The summed E-state index contributed by atoms with van der Waals surface area (Å²) < 4.78 is 5.83. The molecule has 0 aliphatic heterocycles. The van der Waals surface area contributed by atoms with Crippen LogP contribution in [0.25, 0.3) is 0 Å². The van der Waals surface area contributed by atoms with E-state index in [1.54, 1.807) is 0 Å². The van der Waals surface area contributed by atoms with Gasteiger partial charge in [-0.2, -0.15) is 0 Å². The van der Waals surface area contributed by atoms with Crippen LogP contribution < -0.4 is 10.1 Å². The summed E-state index contributed by atoms with van der Waals surface area (Å²) in [5.74, 6) is 0.910. The van der Waals surface area contributed by atoms with Gasteiger partial charge in [-0.1, -0.05) is 30.3 Å². The zero-order valence-electron chi connectivity index (χ0n) is 12.7. The highest BCUT2D eigenvalue weighted by molar-refractivity contribution is 5.56. The number of para-hydroxylation sites is 2. The average molecular weight is 269 g/mol. The molecule has 2 aromatic carbocycles. The van der Waals surface area contributed by atoms with Gasteiger partial charge in [-0.3, -0.25) is 0 Å². The molecule has 0 atom stereocenters. The molecule has 0 saturated carbocycles. The van der Waals surface area contributed by atoms with Gasteiger partial charge in [-0.15, -0.1) is 0 Å². The minimum atomic E-state index is 0.179. The van der Waals surface area contributed by atoms with Gasteiger partial charge >= 0.3 is 0 Å². The highest BCUT2D eigenvalue weighted by Gasteiger charge is 2.06. The smallest absolute Gasteiger partial charge is 0.142 e. The van der Waals surface area contributed by atoms with Gasteiger partial charge in [-0.25, -0.2) is 0 Å². The molecule has 0 amide bonds. The van der Waals surface area contributed by atoms with E-state index in [0.717, 1.165) is 18.0 Å². The lowest BCUT2D eigenvalue weighted by Crippen LogP contribution is -2.09. The number of nitrogens with one attached hydrogen (secondary N) is 1. The zero-order valence-corrected chi connectivity index (χ0v) is 12.7. The Labute approximate surface area is 121 Å². The van der Waals surface area contributed by atoms with Crippen LogP contribution in [-0.4, -0.2) is 6.10 Å². The first kappa shape index (κ1) is 14.4. The van der Waals surface area contributed by atoms with Crippen molar-refractivity contribution < 1.29 is 4.74 Å². The van der Waals surface area contributed by atoms with E-state index >= 15 is 0 Å². The third kappa shape index (κ3) is 3.53. The molecule has 2 rings (SSSR count). The Morgan fingerprint density at radius 2 is 1.75 bits per heavy atom. The zero-order chi connectivity index (χ0) is 14.5. The number of ether oxygens (including phenoxy) is 1. The number of hydrogen-bond acceptors (Lipinski definition) is 2. The van der Waals surface area contributed by atoms with E-state index in [1.807, 2.05) is 32.0 Å². The van der Waals surface area contributed by atoms with Crippen molar-refractivity contribution in [1.29, 1.82) is 0 Å². The number of hydrogen-bond donors (Lipinski definition) is 1. The van der Waals surface area contributed by atoms with E-state index in [9.17, 15) is 0 Å². The molecule has 0 aliphatic carbocycles. The van der Waals surface area contributed by atoms with Crippen LogP contribution in [0.15, 0.2) is 42.5 Å². The summed E-state index contributed by atoms with van der Waals surface area (Å²) in [5.41, 5.74) is 5.05. The summed E-state index contributed by atoms with van der Waals surface area (Å²) in [4.78, 5) is 0. The summed E-state index contributed by atoms with van der Waals surface area (Å²) in [6.07, 6.45) is 0.179. The molecule has 0 bridgehead atoms. The van der Waals surface area contributed by atoms with E-state index in [-0.39, 0.29) is 6.10 Å². The molecule has 1 N–H and O–H groups in total. The van der Waals surface area contributed by atoms with E-state index in [4.69, 9.17) is 4.74 Å². The molecule has 0 spiro atoms. The van der Waals surface area contributed by atoms with Gasteiger partial charge in [0.1, 0.15) is 5.75 Å². The maximum absolute atomic E-state index is 5.83. The van der Waals surface area contributed by atoms with Crippen LogP contribution >= 0.6 is 0 Å². The summed E-state index contributed by atoms with van der Waals surface area (Å²) in [6, 6.07) is 14.5. The predicted molar refractivity (Wildman–Crippen MR) is 85.4 cm³/mol. The number of aryl methyl sites for hydroxylation is 1. The van der Waals surface area contributed by atoms with E-state index in [2.05, 4.69) is 43.4 Å². The molecule has 20 heavy (non-hydrogen) atoms. The second-order valence-corrected chi connectivity index (χ2v) is 5.38. The lowest BCUT2D eigenvalue weighted by molar-refractivity contribution is 0.243. The third-order valence-electron chi connectivity index (χ3n) is 3.44. The van der Waals surface area contributed by atoms with Crippen molar-refractivity contribution in [2.75, 3.05) is 5.32 Å². The molecule has 0 aliphatic rings. The topological polar surface area (TPSA) is 21.3 Å². The van der Waals surface area contributed by atoms with Crippen LogP contribution in [0.2, 0.25) is 0 Å². The first-order chi connectivity index (χ1) is 9.58. The Morgan fingerprint density at radius 1 is 1.00 bits per heavy atom. The summed E-state index contributed by atoms with van der Waals surface area (Å²) in [7, 11) is 0. The van der Waals surface area contributed by atoms with Crippen molar-refractivity contribution in [3.05, 3.63) is 59.2 Å². The van der Waals surface area contributed by atoms with E-state index in [1.165, 1.54) is 16.7 Å². The minimum Gasteiger partial charge on any atom is -0.489 e.